The second-order valence-corrected chi connectivity index (χ2v) is 5.95. The van der Waals surface area contributed by atoms with E-state index < -0.39 is 0 Å². The van der Waals surface area contributed by atoms with Gasteiger partial charge in [-0.25, -0.2) is 0 Å². The Hall–Kier alpha value is -0.570. The summed E-state index contributed by atoms with van der Waals surface area (Å²) in [5.41, 5.74) is 5.62. The molecular formula is C15H29NO2. The van der Waals surface area contributed by atoms with Crippen molar-refractivity contribution < 1.29 is 9.53 Å². The van der Waals surface area contributed by atoms with Crippen LogP contribution in [-0.4, -0.2) is 18.6 Å². The van der Waals surface area contributed by atoms with Crippen LogP contribution in [0.2, 0.25) is 0 Å². The molecule has 2 N–H and O–H groups in total. The fraction of sp³-hybridized carbons (Fsp3) is 0.933. The Bertz CT molecular complexity index is 259. The molecule has 1 unspecified atom stereocenters. The first-order chi connectivity index (χ1) is 8.51. The molecule has 1 aliphatic carbocycles. The van der Waals surface area contributed by atoms with E-state index in [0.29, 0.717) is 12.6 Å². The number of rotatable bonds is 6. The molecule has 0 aliphatic heterocycles. The summed E-state index contributed by atoms with van der Waals surface area (Å²) >= 11 is 0. The van der Waals surface area contributed by atoms with Gasteiger partial charge in [-0.05, 0) is 64.7 Å². The molecule has 0 saturated heterocycles. The minimum Gasteiger partial charge on any atom is -0.466 e. The molecule has 1 atom stereocenters. The smallest absolute Gasteiger partial charge is 0.311 e. The highest BCUT2D eigenvalue weighted by Gasteiger charge is 2.33. The zero-order valence-electron chi connectivity index (χ0n) is 12.2. The van der Waals surface area contributed by atoms with Gasteiger partial charge < -0.3 is 10.5 Å². The van der Waals surface area contributed by atoms with Gasteiger partial charge in [0.1, 0.15) is 0 Å². The SMILES string of the molecule is CCOC(=O)C(C)(CC)CCC1CCC(N)CC1. The van der Waals surface area contributed by atoms with Gasteiger partial charge >= 0.3 is 5.97 Å². The number of nitrogens with two attached hydrogens (primary N) is 1. The van der Waals surface area contributed by atoms with E-state index in [1.54, 1.807) is 0 Å². The Morgan fingerprint density at radius 3 is 2.39 bits per heavy atom. The summed E-state index contributed by atoms with van der Waals surface area (Å²) in [7, 11) is 0. The van der Waals surface area contributed by atoms with Gasteiger partial charge in [-0.2, -0.15) is 0 Å². The predicted octanol–water partition coefficient (Wildman–Crippen LogP) is 3.26. The highest BCUT2D eigenvalue weighted by atomic mass is 16.5. The molecule has 0 spiro atoms. The van der Waals surface area contributed by atoms with Crippen molar-refractivity contribution >= 4 is 5.97 Å². The molecule has 0 bridgehead atoms. The summed E-state index contributed by atoms with van der Waals surface area (Å²) in [5.74, 6) is 0.727. The summed E-state index contributed by atoms with van der Waals surface area (Å²) in [5, 5.41) is 0. The average Bonchev–Trinajstić information content (AvgIpc) is 2.38. The van der Waals surface area contributed by atoms with E-state index in [1.807, 2.05) is 13.8 Å². The Kier molecular flexibility index (Phi) is 6.13. The molecule has 3 heteroatoms. The van der Waals surface area contributed by atoms with Crippen molar-refractivity contribution in [2.45, 2.75) is 71.8 Å². The van der Waals surface area contributed by atoms with Crippen molar-refractivity contribution in [3.63, 3.8) is 0 Å². The molecule has 0 aromatic rings. The van der Waals surface area contributed by atoms with Crippen LogP contribution in [0.15, 0.2) is 0 Å². The van der Waals surface area contributed by atoms with E-state index >= 15 is 0 Å². The van der Waals surface area contributed by atoms with E-state index in [9.17, 15) is 4.79 Å². The molecule has 1 fully saturated rings. The van der Waals surface area contributed by atoms with Crippen LogP contribution in [0.25, 0.3) is 0 Å². The standard InChI is InChI=1S/C15H29NO2/c1-4-15(3,14(17)18-5-2)11-10-12-6-8-13(16)9-7-12/h12-13H,4-11,16H2,1-3H3. The largest absolute Gasteiger partial charge is 0.466 e. The molecule has 0 radical (unpaired) electrons. The Balaban J connectivity index is 2.41. The normalized spacial score (nSPS) is 27.6. The predicted molar refractivity (Wildman–Crippen MR) is 74.2 cm³/mol. The number of carbonyl (C=O) groups is 1. The summed E-state index contributed by atoms with van der Waals surface area (Å²) < 4.78 is 5.20. The zero-order valence-corrected chi connectivity index (χ0v) is 12.2. The topological polar surface area (TPSA) is 52.3 Å². The van der Waals surface area contributed by atoms with Gasteiger partial charge in [0.15, 0.2) is 0 Å². The van der Waals surface area contributed by atoms with Crippen molar-refractivity contribution in [1.82, 2.24) is 0 Å². The third-order valence-electron chi connectivity index (χ3n) is 4.54. The first-order valence-electron chi connectivity index (χ1n) is 7.44. The zero-order chi connectivity index (χ0) is 13.6. The molecule has 0 aromatic carbocycles. The van der Waals surface area contributed by atoms with Crippen LogP contribution in [0.3, 0.4) is 0 Å². The second-order valence-electron chi connectivity index (χ2n) is 5.95. The van der Waals surface area contributed by atoms with Gasteiger partial charge in [0.05, 0.1) is 12.0 Å². The van der Waals surface area contributed by atoms with E-state index in [0.717, 1.165) is 38.0 Å². The molecule has 1 saturated carbocycles. The molecule has 0 heterocycles. The Morgan fingerprint density at radius 1 is 1.28 bits per heavy atom. The van der Waals surface area contributed by atoms with Crippen LogP contribution >= 0.6 is 0 Å². The minimum atomic E-state index is -0.296. The molecular weight excluding hydrogens is 226 g/mol. The van der Waals surface area contributed by atoms with E-state index in [1.165, 1.54) is 12.8 Å². The van der Waals surface area contributed by atoms with Gasteiger partial charge in [-0.3, -0.25) is 4.79 Å². The summed E-state index contributed by atoms with van der Waals surface area (Å²) in [4.78, 5) is 12.0. The fourth-order valence-corrected chi connectivity index (χ4v) is 2.73. The maximum atomic E-state index is 12.0. The lowest BCUT2D eigenvalue weighted by atomic mass is 9.76. The van der Waals surface area contributed by atoms with Crippen molar-refractivity contribution in [2.75, 3.05) is 6.61 Å². The lowest BCUT2D eigenvalue weighted by Gasteiger charge is -2.30. The van der Waals surface area contributed by atoms with E-state index in [2.05, 4.69) is 6.92 Å². The summed E-state index contributed by atoms with van der Waals surface area (Å²) in [6.45, 7) is 6.47. The van der Waals surface area contributed by atoms with Crippen LogP contribution in [0.5, 0.6) is 0 Å². The van der Waals surface area contributed by atoms with Gasteiger partial charge in [0.2, 0.25) is 0 Å². The third-order valence-corrected chi connectivity index (χ3v) is 4.54. The first-order valence-corrected chi connectivity index (χ1v) is 7.44. The molecule has 3 nitrogen and oxygen atoms in total. The van der Waals surface area contributed by atoms with Gasteiger partial charge in [0, 0.05) is 6.04 Å². The van der Waals surface area contributed by atoms with Crippen LogP contribution in [0.1, 0.15) is 65.7 Å². The van der Waals surface area contributed by atoms with Crippen molar-refractivity contribution in [2.24, 2.45) is 17.1 Å². The number of hydrogen-bond donors (Lipinski definition) is 1. The highest BCUT2D eigenvalue weighted by molar-refractivity contribution is 5.76. The first kappa shape index (κ1) is 15.5. The highest BCUT2D eigenvalue weighted by Crippen LogP contribution is 2.35. The Morgan fingerprint density at radius 2 is 1.89 bits per heavy atom. The van der Waals surface area contributed by atoms with Crippen LogP contribution in [0.4, 0.5) is 0 Å². The quantitative estimate of drug-likeness (QED) is 0.741. The van der Waals surface area contributed by atoms with E-state index in [4.69, 9.17) is 10.5 Å². The summed E-state index contributed by atoms with van der Waals surface area (Å²) in [6, 6.07) is 0.406. The number of hydrogen-bond acceptors (Lipinski definition) is 3. The maximum Gasteiger partial charge on any atom is 0.311 e. The van der Waals surface area contributed by atoms with E-state index in [-0.39, 0.29) is 11.4 Å². The third kappa shape index (κ3) is 4.27. The van der Waals surface area contributed by atoms with Crippen LogP contribution in [0, 0.1) is 11.3 Å². The van der Waals surface area contributed by atoms with Crippen LogP contribution < -0.4 is 5.73 Å². The van der Waals surface area contributed by atoms with Gasteiger partial charge in [-0.1, -0.05) is 6.92 Å². The molecule has 1 rings (SSSR count). The fourth-order valence-electron chi connectivity index (χ4n) is 2.73. The molecule has 106 valence electrons. The van der Waals surface area contributed by atoms with Crippen molar-refractivity contribution in [3.05, 3.63) is 0 Å². The minimum absolute atomic E-state index is 0.0278. The van der Waals surface area contributed by atoms with Gasteiger partial charge in [-0.15, -0.1) is 0 Å². The second kappa shape index (κ2) is 7.13. The monoisotopic (exact) mass is 255 g/mol. The number of ether oxygens (including phenoxy) is 1. The molecule has 0 aromatic heterocycles. The maximum absolute atomic E-state index is 12.0. The van der Waals surface area contributed by atoms with Crippen LogP contribution in [-0.2, 0) is 9.53 Å². The number of esters is 1. The average molecular weight is 255 g/mol. The number of carbonyl (C=O) groups excluding carboxylic acids is 1. The van der Waals surface area contributed by atoms with Crippen molar-refractivity contribution in [3.8, 4) is 0 Å². The molecule has 0 amide bonds. The lowest BCUT2D eigenvalue weighted by Crippen LogP contribution is -2.31. The van der Waals surface area contributed by atoms with Crippen molar-refractivity contribution in [1.29, 1.82) is 0 Å². The molecule has 18 heavy (non-hydrogen) atoms. The summed E-state index contributed by atoms with van der Waals surface area (Å²) in [6.07, 6.45) is 7.68. The molecule has 1 aliphatic rings. The van der Waals surface area contributed by atoms with Gasteiger partial charge in [0.25, 0.3) is 0 Å². The Labute approximate surface area is 111 Å². The lowest BCUT2D eigenvalue weighted by molar-refractivity contribution is -0.155.